The molecule has 2 aromatic rings. The molecule has 7 heteroatoms. The van der Waals surface area contributed by atoms with Crippen LogP contribution in [0.1, 0.15) is 39.9 Å². The van der Waals surface area contributed by atoms with E-state index in [0.717, 1.165) is 53.2 Å². The second-order valence-corrected chi connectivity index (χ2v) is 9.37. The van der Waals surface area contributed by atoms with E-state index in [4.69, 9.17) is 0 Å². The minimum absolute atomic E-state index is 0.0582. The average Bonchev–Trinajstić information content (AvgIpc) is 3.29. The monoisotopic (exact) mass is 453 g/mol. The number of thioether (sulfide) groups is 1. The van der Waals surface area contributed by atoms with Gasteiger partial charge in [-0.2, -0.15) is 0 Å². The zero-order chi connectivity index (χ0) is 23.3. The average molecular weight is 454 g/mol. The van der Waals surface area contributed by atoms with E-state index >= 15 is 0 Å². The van der Waals surface area contributed by atoms with Crippen molar-refractivity contribution in [3.8, 4) is 0 Å². The number of hydrogen-bond donors (Lipinski definition) is 1. The third-order valence-corrected chi connectivity index (χ3v) is 6.65. The summed E-state index contributed by atoms with van der Waals surface area (Å²) in [6.45, 7) is 7.52. The number of aryl methyl sites for hydroxylation is 3. The Kier molecular flexibility index (Phi) is 7.96. The lowest BCUT2D eigenvalue weighted by Crippen LogP contribution is -2.35. The van der Waals surface area contributed by atoms with Gasteiger partial charge in [0, 0.05) is 30.7 Å². The number of nitrogens with zero attached hydrogens (tertiary/aromatic N) is 2. The fraction of sp³-hybridized carbons (Fsp3) is 0.400. The Morgan fingerprint density at radius 2 is 1.66 bits per heavy atom. The molecular weight excluding hydrogens is 422 g/mol. The predicted octanol–water partition coefficient (Wildman–Crippen LogP) is 4.04. The molecule has 0 unspecified atom stereocenters. The molecule has 3 amide bonds. The number of amides is 3. The summed E-state index contributed by atoms with van der Waals surface area (Å²) in [5.74, 6) is -0.0775. The minimum Gasteiger partial charge on any atom is -0.342 e. The van der Waals surface area contributed by atoms with Crippen molar-refractivity contribution in [2.75, 3.05) is 37.8 Å². The quantitative estimate of drug-likeness (QED) is 0.643. The van der Waals surface area contributed by atoms with Gasteiger partial charge in [0.25, 0.3) is 5.91 Å². The van der Waals surface area contributed by atoms with Crippen LogP contribution in [-0.4, -0.2) is 60.0 Å². The first-order valence-corrected chi connectivity index (χ1v) is 11.9. The van der Waals surface area contributed by atoms with Crippen LogP contribution in [0.3, 0.4) is 0 Å². The summed E-state index contributed by atoms with van der Waals surface area (Å²) in [5.41, 5.74) is 4.42. The molecule has 0 bridgehead atoms. The number of benzene rings is 2. The molecule has 1 heterocycles. The van der Waals surface area contributed by atoms with Gasteiger partial charge in [0.15, 0.2) is 0 Å². The van der Waals surface area contributed by atoms with Gasteiger partial charge < -0.3 is 15.1 Å². The largest absolute Gasteiger partial charge is 0.342 e. The first kappa shape index (κ1) is 23.9. The molecule has 2 aromatic carbocycles. The summed E-state index contributed by atoms with van der Waals surface area (Å²) in [5, 5.41) is 2.94. The van der Waals surface area contributed by atoms with Gasteiger partial charge in [0.05, 0.1) is 17.9 Å². The molecule has 0 aliphatic carbocycles. The second-order valence-electron chi connectivity index (χ2n) is 8.36. The van der Waals surface area contributed by atoms with Crippen LogP contribution < -0.4 is 5.32 Å². The maximum Gasteiger partial charge on any atom is 0.255 e. The van der Waals surface area contributed by atoms with E-state index in [1.54, 1.807) is 19.2 Å². The molecule has 0 spiro atoms. The number of likely N-dealkylation sites (tertiary alicyclic amines) is 1. The summed E-state index contributed by atoms with van der Waals surface area (Å²) >= 11 is 1.38. The van der Waals surface area contributed by atoms with Gasteiger partial charge in [-0.3, -0.25) is 14.4 Å². The Morgan fingerprint density at radius 3 is 2.31 bits per heavy atom. The lowest BCUT2D eigenvalue weighted by molar-refractivity contribution is -0.127. The van der Waals surface area contributed by atoms with Gasteiger partial charge in [0.1, 0.15) is 0 Å². The van der Waals surface area contributed by atoms with Crippen LogP contribution in [0.15, 0.2) is 41.3 Å². The van der Waals surface area contributed by atoms with E-state index in [9.17, 15) is 14.4 Å². The molecule has 1 fully saturated rings. The number of likely N-dealkylation sites (N-methyl/N-ethyl adjacent to an activating group) is 1. The van der Waals surface area contributed by atoms with Gasteiger partial charge in [0.2, 0.25) is 11.8 Å². The maximum atomic E-state index is 13.1. The molecule has 6 nitrogen and oxygen atoms in total. The van der Waals surface area contributed by atoms with Crippen LogP contribution in [0, 0.1) is 20.8 Å². The molecule has 0 saturated carbocycles. The molecule has 0 atom stereocenters. The Labute approximate surface area is 194 Å². The molecule has 1 aliphatic rings. The predicted molar refractivity (Wildman–Crippen MR) is 129 cm³/mol. The zero-order valence-corrected chi connectivity index (χ0v) is 20.1. The Hall–Kier alpha value is -2.80. The molecule has 1 aliphatic heterocycles. The van der Waals surface area contributed by atoms with Crippen molar-refractivity contribution in [3.05, 3.63) is 58.7 Å². The van der Waals surface area contributed by atoms with Gasteiger partial charge in [-0.15, -0.1) is 11.8 Å². The molecular formula is C25H31N3O3S. The summed E-state index contributed by atoms with van der Waals surface area (Å²) in [6.07, 6.45) is 2.11. The van der Waals surface area contributed by atoms with Crippen LogP contribution in [0.5, 0.6) is 0 Å². The highest BCUT2D eigenvalue weighted by atomic mass is 32.2. The first-order chi connectivity index (χ1) is 15.3. The molecule has 0 radical (unpaired) electrons. The third kappa shape index (κ3) is 5.91. The summed E-state index contributed by atoms with van der Waals surface area (Å²) in [4.78, 5) is 42.1. The Bertz CT molecular complexity index is 992. The smallest absolute Gasteiger partial charge is 0.255 e. The van der Waals surface area contributed by atoms with Crippen LogP contribution in [0.25, 0.3) is 0 Å². The number of anilines is 1. The maximum absolute atomic E-state index is 13.1. The number of carbonyl (C=O) groups is 3. The van der Waals surface area contributed by atoms with Crippen molar-refractivity contribution in [2.24, 2.45) is 0 Å². The van der Waals surface area contributed by atoms with E-state index in [2.05, 4.69) is 5.32 Å². The van der Waals surface area contributed by atoms with Gasteiger partial charge >= 0.3 is 0 Å². The topological polar surface area (TPSA) is 69.7 Å². The summed E-state index contributed by atoms with van der Waals surface area (Å²) in [6, 6.07) is 11.3. The van der Waals surface area contributed by atoms with Crippen LogP contribution in [-0.2, 0) is 9.59 Å². The highest BCUT2D eigenvalue weighted by Gasteiger charge is 2.21. The lowest BCUT2D eigenvalue weighted by atomic mass is 10.1. The van der Waals surface area contributed by atoms with Crippen molar-refractivity contribution in [3.63, 3.8) is 0 Å². The fourth-order valence-corrected chi connectivity index (χ4v) is 4.96. The number of rotatable bonds is 7. The standard InChI is InChI=1S/C25H31N3O3S/c1-17-13-18(2)24(19(3)14-17)26-22(29)15-27(4)25(31)20-9-5-6-10-21(20)32-16-23(30)28-11-7-8-12-28/h5-6,9-10,13-14H,7-8,11-12,15-16H2,1-4H3,(H,26,29). The minimum atomic E-state index is -0.245. The van der Waals surface area contributed by atoms with Gasteiger partial charge in [-0.05, 0) is 56.9 Å². The van der Waals surface area contributed by atoms with Crippen molar-refractivity contribution < 1.29 is 14.4 Å². The van der Waals surface area contributed by atoms with Gasteiger partial charge in [-0.25, -0.2) is 0 Å². The van der Waals surface area contributed by atoms with E-state index < -0.39 is 0 Å². The fourth-order valence-electron chi connectivity index (χ4n) is 4.02. The summed E-state index contributed by atoms with van der Waals surface area (Å²) in [7, 11) is 1.62. The summed E-state index contributed by atoms with van der Waals surface area (Å²) < 4.78 is 0. The highest BCUT2D eigenvalue weighted by molar-refractivity contribution is 8.00. The normalized spacial score (nSPS) is 13.2. The van der Waals surface area contributed by atoms with Crippen molar-refractivity contribution in [2.45, 2.75) is 38.5 Å². The van der Waals surface area contributed by atoms with Gasteiger partial charge in [-0.1, -0.05) is 29.8 Å². The number of carbonyl (C=O) groups excluding carboxylic acids is 3. The van der Waals surface area contributed by atoms with Crippen LogP contribution in [0.4, 0.5) is 5.69 Å². The first-order valence-electron chi connectivity index (χ1n) is 10.9. The zero-order valence-electron chi connectivity index (χ0n) is 19.2. The molecule has 1 N–H and O–H groups in total. The highest BCUT2D eigenvalue weighted by Crippen LogP contribution is 2.25. The molecule has 3 rings (SSSR count). The van der Waals surface area contributed by atoms with E-state index in [-0.39, 0.29) is 24.3 Å². The Balaban J connectivity index is 1.63. The molecule has 0 aromatic heterocycles. The van der Waals surface area contributed by atoms with Crippen molar-refractivity contribution in [1.29, 1.82) is 0 Å². The lowest BCUT2D eigenvalue weighted by Gasteiger charge is -2.20. The van der Waals surface area contributed by atoms with E-state index in [1.165, 1.54) is 16.7 Å². The van der Waals surface area contributed by atoms with Crippen LogP contribution in [0.2, 0.25) is 0 Å². The molecule has 32 heavy (non-hydrogen) atoms. The third-order valence-electron chi connectivity index (χ3n) is 5.60. The van der Waals surface area contributed by atoms with E-state index in [1.807, 2.05) is 49.9 Å². The molecule has 170 valence electrons. The van der Waals surface area contributed by atoms with Crippen molar-refractivity contribution >= 4 is 35.2 Å². The second kappa shape index (κ2) is 10.7. The van der Waals surface area contributed by atoms with Crippen molar-refractivity contribution in [1.82, 2.24) is 9.80 Å². The number of hydrogen-bond acceptors (Lipinski definition) is 4. The van der Waals surface area contributed by atoms with Crippen LogP contribution >= 0.6 is 11.8 Å². The van der Waals surface area contributed by atoms with E-state index in [0.29, 0.717) is 11.3 Å². The Morgan fingerprint density at radius 1 is 1.03 bits per heavy atom. The SMILES string of the molecule is Cc1cc(C)c(NC(=O)CN(C)C(=O)c2ccccc2SCC(=O)N2CCCC2)c(C)c1. The molecule has 1 saturated heterocycles. The number of nitrogens with one attached hydrogen (secondary N) is 1.